The van der Waals surface area contributed by atoms with Gasteiger partial charge in [-0.25, -0.2) is 4.99 Å². The maximum Gasteiger partial charge on any atom is 0.275 e. The van der Waals surface area contributed by atoms with Crippen molar-refractivity contribution in [3.63, 3.8) is 0 Å². The molecule has 4 heteroatoms. The van der Waals surface area contributed by atoms with E-state index in [0.717, 1.165) is 34.4 Å². The molecule has 0 saturated heterocycles. The summed E-state index contributed by atoms with van der Waals surface area (Å²) >= 11 is 0. The lowest BCUT2D eigenvalue weighted by Gasteiger charge is -2.07. The van der Waals surface area contributed by atoms with Crippen molar-refractivity contribution in [1.29, 1.82) is 0 Å². The summed E-state index contributed by atoms with van der Waals surface area (Å²) in [5, 5.41) is 2.87. The summed E-state index contributed by atoms with van der Waals surface area (Å²) in [6.07, 6.45) is 3.28. The van der Waals surface area contributed by atoms with E-state index in [1.165, 1.54) is 0 Å². The maximum atomic E-state index is 12.2. The maximum absolute atomic E-state index is 12.2. The second-order valence-electron chi connectivity index (χ2n) is 6.21. The summed E-state index contributed by atoms with van der Waals surface area (Å²) in [6.45, 7) is 4.07. The van der Waals surface area contributed by atoms with Gasteiger partial charge < -0.3 is 10.1 Å². The normalized spacial score (nSPS) is 15.2. The second kappa shape index (κ2) is 7.34. The van der Waals surface area contributed by atoms with Gasteiger partial charge in [-0.1, -0.05) is 42.0 Å². The van der Waals surface area contributed by atoms with Crippen molar-refractivity contribution in [3.8, 4) is 5.75 Å². The van der Waals surface area contributed by atoms with Gasteiger partial charge in [0.15, 0.2) is 0 Å². The van der Waals surface area contributed by atoms with E-state index in [1.807, 2.05) is 44.2 Å². The van der Waals surface area contributed by atoms with Gasteiger partial charge in [0.05, 0.1) is 7.11 Å². The lowest BCUT2D eigenvalue weighted by atomic mass is 10.0. The third kappa shape index (κ3) is 3.97. The van der Waals surface area contributed by atoms with Crippen LogP contribution in [0.1, 0.15) is 28.7 Å². The second-order valence-corrected chi connectivity index (χ2v) is 6.21. The Morgan fingerprint density at radius 2 is 1.92 bits per heavy atom. The SMILES string of the molecule is COc1ccccc1CCC1=N/C(=C/c2cc(C)ccc2C)C(=O)N1. The van der Waals surface area contributed by atoms with Crippen LogP contribution in [0.3, 0.4) is 0 Å². The number of aryl methyl sites for hydroxylation is 3. The third-order valence-electron chi connectivity index (χ3n) is 4.30. The van der Waals surface area contributed by atoms with Crippen LogP contribution in [-0.4, -0.2) is 18.9 Å². The summed E-state index contributed by atoms with van der Waals surface area (Å²) in [6, 6.07) is 14.1. The molecule has 1 amide bonds. The topological polar surface area (TPSA) is 50.7 Å². The molecule has 0 bridgehead atoms. The largest absolute Gasteiger partial charge is 0.496 e. The van der Waals surface area contributed by atoms with E-state index in [1.54, 1.807) is 7.11 Å². The molecule has 0 atom stereocenters. The molecule has 1 N–H and O–H groups in total. The van der Waals surface area contributed by atoms with Crippen LogP contribution in [-0.2, 0) is 11.2 Å². The summed E-state index contributed by atoms with van der Waals surface area (Å²) in [7, 11) is 1.67. The number of rotatable bonds is 5. The van der Waals surface area contributed by atoms with Gasteiger partial charge in [0.25, 0.3) is 5.91 Å². The fraction of sp³-hybridized carbons (Fsp3) is 0.238. The number of aliphatic imine (C=N–C) groups is 1. The molecule has 1 aliphatic heterocycles. The number of methoxy groups -OCH3 is 1. The molecule has 0 aliphatic carbocycles. The molecule has 4 nitrogen and oxygen atoms in total. The molecular formula is C21H22N2O2. The monoisotopic (exact) mass is 334 g/mol. The van der Waals surface area contributed by atoms with Gasteiger partial charge in [-0.2, -0.15) is 0 Å². The Labute approximate surface area is 148 Å². The predicted molar refractivity (Wildman–Crippen MR) is 101 cm³/mol. The van der Waals surface area contributed by atoms with E-state index < -0.39 is 0 Å². The predicted octanol–water partition coefficient (Wildman–Crippen LogP) is 3.81. The van der Waals surface area contributed by atoms with E-state index in [2.05, 4.69) is 28.5 Å². The van der Waals surface area contributed by atoms with Crippen molar-refractivity contribution in [2.75, 3.05) is 7.11 Å². The number of amides is 1. The number of nitrogens with zero attached hydrogens (tertiary/aromatic N) is 1. The summed E-state index contributed by atoms with van der Waals surface area (Å²) in [5.41, 5.74) is 4.89. The fourth-order valence-corrected chi connectivity index (χ4v) is 2.86. The van der Waals surface area contributed by atoms with Crippen LogP contribution in [0.25, 0.3) is 6.08 Å². The Hall–Kier alpha value is -2.88. The highest BCUT2D eigenvalue weighted by atomic mass is 16.5. The molecule has 0 fully saturated rings. The lowest BCUT2D eigenvalue weighted by molar-refractivity contribution is -0.115. The number of para-hydroxylation sites is 1. The van der Waals surface area contributed by atoms with Crippen molar-refractivity contribution >= 4 is 17.8 Å². The Morgan fingerprint density at radius 3 is 2.72 bits per heavy atom. The van der Waals surface area contributed by atoms with Crippen molar-refractivity contribution in [3.05, 3.63) is 70.4 Å². The van der Waals surface area contributed by atoms with E-state index in [0.29, 0.717) is 18.0 Å². The molecule has 0 saturated carbocycles. The first kappa shape index (κ1) is 17.0. The Bertz CT molecular complexity index is 866. The molecule has 2 aromatic rings. The van der Waals surface area contributed by atoms with Gasteiger partial charge in [-0.05, 0) is 49.1 Å². The van der Waals surface area contributed by atoms with Crippen molar-refractivity contribution in [2.45, 2.75) is 26.7 Å². The highest BCUT2D eigenvalue weighted by Crippen LogP contribution is 2.21. The summed E-state index contributed by atoms with van der Waals surface area (Å²) in [4.78, 5) is 16.7. The number of hydrogen-bond acceptors (Lipinski definition) is 3. The van der Waals surface area contributed by atoms with E-state index in [9.17, 15) is 4.79 Å². The van der Waals surface area contributed by atoms with E-state index >= 15 is 0 Å². The first-order valence-electron chi connectivity index (χ1n) is 8.36. The van der Waals surface area contributed by atoms with Crippen LogP contribution < -0.4 is 10.1 Å². The van der Waals surface area contributed by atoms with Crippen LogP contribution in [0, 0.1) is 13.8 Å². The summed E-state index contributed by atoms with van der Waals surface area (Å²) in [5.74, 6) is 1.42. The van der Waals surface area contributed by atoms with Crippen molar-refractivity contribution in [1.82, 2.24) is 5.32 Å². The average Bonchev–Trinajstić information content (AvgIpc) is 2.96. The number of carbonyl (C=O) groups excluding carboxylic acids is 1. The molecule has 0 unspecified atom stereocenters. The van der Waals surface area contributed by atoms with Gasteiger partial charge in [0, 0.05) is 6.42 Å². The lowest BCUT2D eigenvalue weighted by Crippen LogP contribution is -2.24. The molecule has 0 spiro atoms. The molecule has 0 aromatic heterocycles. The number of carbonyl (C=O) groups is 1. The number of amidine groups is 1. The first-order chi connectivity index (χ1) is 12.1. The minimum Gasteiger partial charge on any atom is -0.496 e. The van der Waals surface area contributed by atoms with Crippen LogP contribution in [0.2, 0.25) is 0 Å². The molecule has 1 aliphatic rings. The molecule has 1 heterocycles. The van der Waals surface area contributed by atoms with Crippen LogP contribution >= 0.6 is 0 Å². The smallest absolute Gasteiger partial charge is 0.275 e. The molecular weight excluding hydrogens is 312 g/mol. The molecule has 0 radical (unpaired) electrons. The number of hydrogen-bond donors (Lipinski definition) is 1. The zero-order valence-corrected chi connectivity index (χ0v) is 14.8. The van der Waals surface area contributed by atoms with Crippen molar-refractivity contribution < 1.29 is 9.53 Å². The Balaban J connectivity index is 1.76. The highest BCUT2D eigenvalue weighted by Gasteiger charge is 2.20. The Morgan fingerprint density at radius 1 is 1.12 bits per heavy atom. The average molecular weight is 334 g/mol. The first-order valence-corrected chi connectivity index (χ1v) is 8.36. The molecule has 2 aromatic carbocycles. The number of ether oxygens (including phenoxy) is 1. The zero-order chi connectivity index (χ0) is 17.8. The minimum atomic E-state index is -0.143. The van der Waals surface area contributed by atoms with Gasteiger partial charge >= 0.3 is 0 Å². The molecule has 128 valence electrons. The fourth-order valence-electron chi connectivity index (χ4n) is 2.86. The third-order valence-corrected chi connectivity index (χ3v) is 4.30. The van der Waals surface area contributed by atoms with E-state index in [4.69, 9.17) is 4.74 Å². The van der Waals surface area contributed by atoms with E-state index in [-0.39, 0.29) is 5.91 Å². The van der Waals surface area contributed by atoms with Gasteiger partial charge in [-0.3, -0.25) is 4.79 Å². The Kier molecular flexibility index (Phi) is 4.98. The van der Waals surface area contributed by atoms with Crippen LogP contribution in [0.4, 0.5) is 0 Å². The zero-order valence-electron chi connectivity index (χ0n) is 14.8. The number of nitrogens with one attached hydrogen (secondary N) is 1. The number of benzene rings is 2. The van der Waals surface area contributed by atoms with Gasteiger partial charge in [-0.15, -0.1) is 0 Å². The quantitative estimate of drug-likeness (QED) is 0.845. The van der Waals surface area contributed by atoms with Gasteiger partial charge in [0.1, 0.15) is 17.3 Å². The van der Waals surface area contributed by atoms with Crippen molar-refractivity contribution in [2.24, 2.45) is 4.99 Å². The molecule has 25 heavy (non-hydrogen) atoms. The van der Waals surface area contributed by atoms with Crippen LogP contribution in [0.15, 0.2) is 53.2 Å². The molecule has 3 rings (SSSR count). The highest BCUT2D eigenvalue weighted by molar-refractivity contribution is 6.14. The summed E-state index contributed by atoms with van der Waals surface area (Å²) < 4.78 is 5.37. The van der Waals surface area contributed by atoms with Gasteiger partial charge in [0.2, 0.25) is 0 Å². The standard InChI is InChI=1S/C21H22N2O2/c1-14-8-9-15(2)17(12-14)13-18-21(24)23-20(22-18)11-10-16-6-4-5-7-19(16)25-3/h4-9,12-13H,10-11H2,1-3H3,(H,22,23,24)/b18-13+. The van der Waals surface area contributed by atoms with Crippen LogP contribution in [0.5, 0.6) is 5.75 Å². The minimum absolute atomic E-state index is 0.143.